The molecule has 5 heteroatoms. The van der Waals surface area contributed by atoms with Gasteiger partial charge >= 0.3 is 0 Å². The number of nitrogens with one attached hydrogen (secondary N) is 1. The minimum atomic E-state index is 0.337. The topological polar surface area (TPSA) is 44.3 Å². The summed E-state index contributed by atoms with van der Waals surface area (Å²) in [6.07, 6.45) is 3.86. The van der Waals surface area contributed by atoms with Crippen LogP contribution in [0.15, 0.2) is 36.7 Å². The predicted molar refractivity (Wildman–Crippen MR) is 105 cm³/mol. The average Bonchev–Trinajstić information content (AvgIpc) is 2.56. The minimum absolute atomic E-state index is 0.337. The minimum Gasteiger partial charge on any atom is -0.352 e. The van der Waals surface area contributed by atoms with E-state index in [1.165, 1.54) is 11.1 Å². The summed E-state index contributed by atoms with van der Waals surface area (Å²) in [6, 6.07) is 8.93. The van der Waals surface area contributed by atoms with Crippen LogP contribution in [0, 0.1) is 6.92 Å². The molecule has 0 fully saturated rings. The monoisotopic (exact) mass is 341 g/mol. The molecule has 1 aromatic carbocycles. The van der Waals surface area contributed by atoms with Crippen LogP contribution < -0.4 is 5.32 Å². The predicted octanol–water partition coefficient (Wildman–Crippen LogP) is 3.17. The Bertz CT molecular complexity index is 637. The highest BCUT2D eigenvalue weighted by molar-refractivity contribution is 5.27. The molecule has 0 aliphatic heterocycles. The van der Waals surface area contributed by atoms with Crippen LogP contribution in [-0.2, 0) is 13.1 Å². The molecule has 136 valence electrons. The van der Waals surface area contributed by atoms with Gasteiger partial charge in [-0.1, -0.05) is 24.3 Å². The lowest BCUT2D eigenvalue weighted by Crippen LogP contribution is -2.31. The van der Waals surface area contributed by atoms with E-state index in [0.29, 0.717) is 12.0 Å². The van der Waals surface area contributed by atoms with Gasteiger partial charge in [-0.3, -0.25) is 4.90 Å². The molecular weight excluding hydrogens is 310 g/mol. The molecule has 0 saturated carbocycles. The van der Waals surface area contributed by atoms with Crippen LogP contribution >= 0.6 is 0 Å². The molecule has 0 radical (unpaired) electrons. The van der Waals surface area contributed by atoms with E-state index >= 15 is 0 Å². The summed E-state index contributed by atoms with van der Waals surface area (Å²) in [5.74, 6) is 0.692. The number of aromatic nitrogens is 2. The normalized spacial score (nSPS) is 11.5. The highest BCUT2D eigenvalue weighted by Crippen LogP contribution is 2.13. The van der Waals surface area contributed by atoms with Gasteiger partial charge in [0.25, 0.3) is 0 Å². The Morgan fingerprint density at radius 2 is 1.68 bits per heavy atom. The van der Waals surface area contributed by atoms with Crippen molar-refractivity contribution in [2.24, 2.45) is 0 Å². The van der Waals surface area contributed by atoms with E-state index in [1.54, 1.807) is 0 Å². The second-order valence-electron chi connectivity index (χ2n) is 7.15. The van der Waals surface area contributed by atoms with E-state index in [0.717, 1.165) is 31.7 Å². The van der Waals surface area contributed by atoms with Crippen molar-refractivity contribution in [3.05, 3.63) is 53.3 Å². The molecule has 0 aliphatic carbocycles. The third-order valence-corrected chi connectivity index (χ3v) is 4.05. The quantitative estimate of drug-likeness (QED) is 0.759. The SMILES string of the molecule is Cc1ccccc1CN(CCN(C)C)Cc1cnc(NC(C)C)nc1. The van der Waals surface area contributed by atoms with E-state index in [2.05, 4.69) is 84.2 Å². The van der Waals surface area contributed by atoms with E-state index < -0.39 is 0 Å². The standard InChI is InChI=1S/C20H31N5/c1-16(2)23-20-21-12-18(13-22-20)14-25(11-10-24(4)5)15-19-9-7-6-8-17(19)3/h6-9,12-13,16H,10-11,14-15H2,1-5H3,(H,21,22,23). The molecule has 0 spiro atoms. The first-order valence-electron chi connectivity index (χ1n) is 8.93. The Hall–Kier alpha value is -1.98. The fourth-order valence-corrected chi connectivity index (χ4v) is 2.61. The summed E-state index contributed by atoms with van der Waals surface area (Å²) >= 11 is 0. The maximum Gasteiger partial charge on any atom is 0.222 e. The molecule has 1 heterocycles. The molecule has 0 unspecified atom stereocenters. The van der Waals surface area contributed by atoms with Gasteiger partial charge < -0.3 is 10.2 Å². The average molecular weight is 342 g/mol. The van der Waals surface area contributed by atoms with Crippen LogP contribution in [0.5, 0.6) is 0 Å². The van der Waals surface area contributed by atoms with Crippen molar-refractivity contribution in [3.63, 3.8) is 0 Å². The van der Waals surface area contributed by atoms with Crippen LogP contribution in [0.25, 0.3) is 0 Å². The molecule has 25 heavy (non-hydrogen) atoms. The number of likely N-dealkylation sites (N-methyl/N-ethyl adjacent to an activating group) is 1. The van der Waals surface area contributed by atoms with Crippen molar-refractivity contribution in [1.29, 1.82) is 0 Å². The highest BCUT2D eigenvalue weighted by Gasteiger charge is 2.10. The maximum absolute atomic E-state index is 4.43. The van der Waals surface area contributed by atoms with Crippen molar-refractivity contribution >= 4 is 5.95 Å². The first kappa shape index (κ1) is 19.3. The van der Waals surface area contributed by atoms with Crippen molar-refractivity contribution in [2.75, 3.05) is 32.5 Å². The van der Waals surface area contributed by atoms with E-state index in [-0.39, 0.29) is 0 Å². The van der Waals surface area contributed by atoms with Gasteiger partial charge in [0.05, 0.1) is 0 Å². The first-order valence-corrected chi connectivity index (χ1v) is 8.93. The number of benzene rings is 1. The zero-order chi connectivity index (χ0) is 18.2. The van der Waals surface area contributed by atoms with Gasteiger partial charge in [0.15, 0.2) is 0 Å². The summed E-state index contributed by atoms with van der Waals surface area (Å²) in [5, 5.41) is 3.23. The van der Waals surface area contributed by atoms with Gasteiger partial charge in [0.2, 0.25) is 5.95 Å². The molecule has 1 aromatic heterocycles. The molecule has 0 aliphatic rings. The van der Waals surface area contributed by atoms with Crippen molar-refractivity contribution in [3.8, 4) is 0 Å². The smallest absolute Gasteiger partial charge is 0.222 e. The molecule has 0 bridgehead atoms. The van der Waals surface area contributed by atoms with Gasteiger partial charge in [-0.2, -0.15) is 0 Å². The van der Waals surface area contributed by atoms with E-state index in [9.17, 15) is 0 Å². The second kappa shape index (κ2) is 9.49. The fourth-order valence-electron chi connectivity index (χ4n) is 2.61. The Kier molecular flexibility index (Phi) is 7.34. The summed E-state index contributed by atoms with van der Waals surface area (Å²) in [7, 11) is 4.23. The molecule has 0 atom stereocenters. The van der Waals surface area contributed by atoms with Crippen molar-refractivity contribution < 1.29 is 0 Å². The first-order chi connectivity index (χ1) is 11.9. The number of hydrogen-bond donors (Lipinski definition) is 1. The second-order valence-corrected chi connectivity index (χ2v) is 7.15. The van der Waals surface area contributed by atoms with Gasteiger partial charge in [-0.15, -0.1) is 0 Å². The van der Waals surface area contributed by atoms with Crippen LogP contribution in [0.2, 0.25) is 0 Å². The lowest BCUT2D eigenvalue weighted by Gasteiger charge is -2.25. The molecule has 1 N–H and O–H groups in total. The summed E-state index contributed by atoms with van der Waals surface area (Å²) in [6.45, 7) is 10.2. The summed E-state index contributed by atoms with van der Waals surface area (Å²) in [5.41, 5.74) is 3.85. The van der Waals surface area contributed by atoms with Crippen LogP contribution in [0.4, 0.5) is 5.95 Å². The lowest BCUT2D eigenvalue weighted by atomic mass is 10.1. The van der Waals surface area contributed by atoms with Crippen molar-refractivity contribution in [2.45, 2.75) is 39.9 Å². The van der Waals surface area contributed by atoms with Gasteiger partial charge in [0.1, 0.15) is 0 Å². The lowest BCUT2D eigenvalue weighted by molar-refractivity contribution is 0.225. The number of nitrogens with zero attached hydrogens (tertiary/aromatic N) is 4. The molecule has 2 aromatic rings. The van der Waals surface area contributed by atoms with Crippen LogP contribution in [-0.4, -0.2) is 53.0 Å². The van der Waals surface area contributed by atoms with Crippen LogP contribution in [0.1, 0.15) is 30.5 Å². The molecule has 0 amide bonds. The highest BCUT2D eigenvalue weighted by atomic mass is 15.2. The maximum atomic E-state index is 4.43. The molecular formula is C20H31N5. The Morgan fingerprint density at radius 1 is 1.00 bits per heavy atom. The number of rotatable bonds is 9. The molecule has 2 rings (SSSR count). The number of hydrogen-bond acceptors (Lipinski definition) is 5. The molecule has 5 nitrogen and oxygen atoms in total. The Labute approximate surface area is 152 Å². The molecule has 0 saturated heterocycles. The van der Waals surface area contributed by atoms with E-state index in [1.807, 2.05) is 12.4 Å². The Balaban J connectivity index is 2.06. The summed E-state index contributed by atoms with van der Waals surface area (Å²) < 4.78 is 0. The number of aryl methyl sites for hydroxylation is 1. The third-order valence-electron chi connectivity index (χ3n) is 4.05. The van der Waals surface area contributed by atoms with Crippen LogP contribution in [0.3, 0.4) is 0 Å². The third kappa shape index (κ3) is 6.80. The van der Waals surface area contributed by atoms with Gasteiger partial charge in [0, 0.05) is 50.2 Å². The van der Waals surface area contributed by atoms with Gasteiger partial charge in [-0.05, 0) is 46.0 Å². The van der Waals surface area contributed by atoms with Gasteiger partial charge in [-0.25, -0.2) is 9.97 Å². The fraction of sp³-hybridized carbons (Fsp3) is 0.500. The largest absolute Gasteiger partial charge is 0.352 e. The van der Waals surface area contributed by atoms with Crippen molar-refractivity contribution in [1.82, 2.24) is 19.8 Å². The number of anilines is 1. The van der Waals surface area contributed by atoms with E-state index in [4.69, 9.17) is 0 Å². The zero-order valence-electron chi connectivity index (χ0n) is 16.2. The summed E-state index contributed by atoms with van der Waals surface area (Å²) in [4.78, 5) is 13.5. The Morgan fingerprint density at radius 3 is 2.28 bits per heavy atom. The zero-order valence-corrected chi connectivity index (χ0v) is 16.2.